The molecule has 1 amide bonds. The molecule has 0 saturated carbocycles. The molecular weight excluding hydrogens is 308 g/mol. The number of nitro groups is 1. The van der Waals surface area contributed by atoms with Gasteiger partial charge in [-0.2, -0.15) is 0 Å². The number of benzene rings is 2. The van der Waals surface area contributed by atoms with Crippen LogP contribution in [0.15, 0.2) is 54.6 Å². The van der Waals surface area contributed by atoms with Crippen molar-refractivity contribution >= 4 is 17.4 Å². The molecule has 0 heterocycles. The maximum Gasteiger partial charge on any atom is 0.269 e. The molecule has 6 heteroatoms. The maximum absolute atomic E-state index is 12.1. The first-order valence-corrected chi connectivity index (χ1v) is 7.56. The van der Waals surface area contributed by atoms with E-state index in [1.165, 1.54) is 12.1 Å². The predicted octanol–water partition coefficient (Wildman–Crippen LogP) is 2.92. The average molecular weight is 326 g/mol. The molecule has 0 radical (unpaired) electrons. The fraction of sp³-hybridized carbons (Fsp3) is 0.222. The van der Waals surface area contributed by atoms with Crippen LogP contribution in [0.4, 0.5) is 5.69 Å². The molecule has 0 aliphatic heterocycles. The lowest BCUT2D eigenvalue weighted by Gasteiger charge is -2.13. The van der Waals surface area contributed by atoms with Crippen molar-refractivity contribution in [2.45, 2.75) is 25.8 Å². The number of amides is 1. The molecule has 2 aromatic rings. The van der Waals surface area contributed by atoms with E-state index in [-0.39, 0.29) is 36.3 Å². The Morgan fingerprint density at radius 2 is 1.71 bits per heavy atom. The number of hydrogen-bond acceptors (Lipinski definition) is 4. The summed E-state index contributed by atoms with van der Waals surface area (Å²) in [7, 11) is 0. The monoisotopic (exact) mass is 326 g/mol. The number of hydrogen-bond donors (Lipinski definition) is 1. The molecule has 1 N–H and O–H groups in total. The molecule has 0 spiro atoms. The van der Waals surface area contributed by atoms with E-state index in [2.05, 4.69) is 5.32 Å². The molecule has 0 aliphatic rings. The van der Waals surface area contributed by atoms with Gasteiger partial charge in [0.2, 0.25) is 5.91 Å². The number of nitro benzene ring substituents is 1. The summed E-state index contributed by atoms with van der Waals surface area (Å²) in [4.78, 5) is 34.2. The van der Waals surface area contributed by atoms with Crippen LogP contribution in [-0.4, -0.2) is 22.7 Å². The van der Waals surface area contributed by atoms with Gasteiger partial charge in [-0.3, -0.25) is 19.7 Å². The van der Waals surface area contributed by atoms with Gasteiger partial charge in [0.1, 0.15) is 0 Å². The minimum Gasteiger partial charge on any atom is -0.353 e. The SMILES string of the molecule is C[C@@H](CC(=O)c1ccccc1)NC(=O)Cc1ccc([N+](=O)[O-])cc1. The summed E-state index contributed by atoms with van der Waals surface area (Å²) in [5, 5.41) is 13.4. The quantitative estimate of drug-likeness (QED) is 0.481. The van der Waals surface area contributed by atoms with Crippen LogP contribution in [0.2, 0.25) is 0 Å². The normalized spacial score (nSPS) is 11.5. The van der Waals surface area contributed by atoms with Crippen molar-refractivity contribution in [3.8, 4) is 0 Å². The molecule has 0 saturated heterocycles. The molecule has 0 fully saturated rings. The van der Waals surface area contributed by atoms with Crippen LogP contribution in [-0.2, 0) is 11.2 Å². The number of Topliss-reactive ketones (excluding diaryl/α,β-unsaturated/α-hetero) is 1. The number of nitrogens with zero attached hydrogens (tertiary/aromatic N) is 1. The molecule has 2 rings (SSSR count). The van der Waals surface area contributed by atoms with Gasteiger partial charge in [0, 0.05) is 30.2 Å². The van der Waals surface area contributed by atoms with Gasteiger partial charge in [0.15, 0.2) is 5.78 Å². The first-order valence-electron chi connectivity index (χ1n) is 7.56. The molecule has 24 heavy (non-hydrogen) atoms. The average Bonchev–Trinajstić information content (AvgIpc) is 2.55. The van der Waals surface area contributed by atoms with E-state index in [1.807, 2.05) is 6.07 Å². The number of ketones is 1. The summed E-state index contributed by atoms with van der Waals surface area (Å²) < 4.78 is 0. The van der Waals surface area contributed by atoms with Crippen molar-refractivity contribution in [2.75, 3.05) is 0 Å². The standard InChI is InChI=1S/C18H18N2O4/c1-13(11-17(21)15-5-3-2-4-6-15)19-18(22)12-14-7-9-16(10-8-14)20(23)24/h2-10,13H,11-12H2,1H3,(H,19,22)/t13-/m0/s1. The number of carbonyl (C=O) groups is 2. The highest BCUT2D eigenvalue weighted by Crippen LogP contribution is 2.12. The first-order chi connectivity index (χ1) is 11.5. The van der Waals surface area contributed by atoms with E-state index in [9.17, 15) is 19.7 Å². The lowest BCUT2D eigenvalue weighted by Crippen LogP contribution is -2.35. The van der Waals surface area contributed by atoms with Gasteiger partial charge >= 0.3 is 0 Å². The first kappa shape index (κ1) is 17.3. The molecule has 124 valence electrons. The second-order valence-corrected chi connectivity index (χ2v) is 5.56. The fourth-order valence-electron chi connectivity index (χ4n) is 2.32. The third kappa shape index (κ3) is 5.01. The highest BCUT2D eigenvalue weighted by molar-refractivity contribution is 5.96. The smallest absolute Gasteiger partial charge is 0.269 e. The Labute approximate surface area is 139 Å². The zero-order chi connectivity index (χ0) is 17.5. The molecule has 0 unspecified atom stereocenters. The van der Waals surface area contributed by atoms with Gasteiger partial charge in [-0.05, 0) is 12.5 Å². The van der Waals surface area contributed by atoms with Crippen LogP contribution >= 0.6 is 0 Å². The fourth-order valence-corrected chi connectivity index (χ4v) is 2.32. The van der Waals surface area contributed by atoms with Crippen molar-refractivity contribution < 1.29 is 14.5 Å². The topological polar surface area (TPSA) is 89.3 Å². The number of carbonyl (C=O) groups excluding carboxylic acids is 2. The van der Waals surface area contributed by atoms with Crippen molar-refractivity contribution in [1.29, 1.82) is 0 Å². The van der Waals surface area contributed by atoms with E-state index in [0.29, 0.717) is 11.1 Å². The summed E-state index contributed by atoms with van der Waals surface area (Å²) in [5.41, 5.74) is 1.29. The van der Waals surface area contributed by atoms with Crippen LogP contribution in [0.5, 0.6) is 0 Å². The predicted molar refractivity (Wildman–Crippen MR) is 89.8 cm³/mol. The van der Waals surface area contributed by atoms with E-state index >= 15 is 0 Å². The van der Waals surface area contributed by atoms with Crippen LogP contribution in [0.25, 0.3) is 0 Å². The zero-order valence-electron chi connectivity index (χ0n) is 13.3. The summed E-state index contributed by atoms with van der Waals surface area (Å²) >= 11 is 0. The Hall–Kier alpha value is -3.02. The highest BCUT2D eigenvalue weighted by Gasteiger charge is 2.14. The number of rotatable bonds is 7. The van der Waals surface area contributed by atoms with E-state index in [1.54, 1.807) is 43.3 Å². The molecule has 0 aliphatic carbocycles. The zero-order valence-corrected chi connectivity index (χ0v) is 13.3. The van der Waals surface area contributed by atoms with Gasteiger partial charge in [-0.1, -0.05) is 42.5 Å². The summed E-state index contributed by atoms with van der Waals surface area (Å²) in [5.74, 6) is -0.254. The lowest BCUT2D eigenvalue weighted by molar-refractivity contribution is -0.384. The maximum atomic E-state index is 12.1. The number of non-ortho nitro benzene ring substituents is 1. The summed E-state index contributed by atoms with van der Waals surface area (Å²) in [6, 6.07) is 14.5. The van der Waals surface area contributed by atoms with Gasteiger partial charge in [0.05, 0.1) is 11.3 Å². The van der Waals surface area contributed by atoms with Crippen molar-refractivity contribution in [1.82, 2.24) is 5.32 Å². The largest absolute Gasteiger partial charge is 0.353 e. The highest BCUT2D eigenvalue weighted by atomic mass is 16.6. The minimum atomic E-state index is -0.485. The molecule has 2 aromatic carbocycles. The lowest BCUT2D eigenvalue weighted by atomic mass is 10.0. The van der Waals surface area contributed by atoms with Crippen molar-refractivity contribution in [2.24, 2.45) is 0 Å². The Kier molecular flexibility index (Phi) is 5.78. The van der Waals surface area contributed by atoms with Crippen LogP contribution < -0.4 is 5.32 Å². The van der Waals surface area contributed by atoms with Gasteiger partial charge in [0.25, 0.3) is 5.69 Å². The number of nitrogens with one attached hydrogen (secondary N) is 1. The minimum absolute atomic E-state index is 0.0130. The third-order valence-corrected chi connectivity index (χ3v) is 3.51. The van der Waals surface area contributed by atoms with Crippen LogP contribution in [0.3, 0.4) is 0 Å². The Morgan fingerprint density at radius 1 is 1.08 bits per heavy atom. The Morgan fingerprint density at radius 3 is 2.29 bits per heavy atom. The van der Waals surface area contributed by atoms with Crippen LogP contribution in [0.1, 0.15) is 29.3 Å². The molecule has 0 bridgehead atoms. The van der Waals surface area contributed by atoms with Crippen LogP contribution in [0, 0.1) is 10.1 Å². The van der Waals surface area contributed by atoms with Gasteiger partial charge < -0.3 is 5.32 Å². The molecule has 0 aromatic heterocycles. The summed E-state index contributed by atoms with van der Waals surface area (Å²) in [6.07, 6.45) is 0.331. The molecular formula is C18H18N2O4. The van der Waals surface area contributed by atoms with Crippen molar-refractivity contribution in [3.63, 3.8) is 0 Å². The Balaban J connectivity index is 1.85. The van der Waals surface area contributed by atoms with Crippen molar-refractivity contribution in [3.05, 3.63) is 75.8 Å². The molecule has 1 atom stereocenters. The van der Waals surface area contributed by atoms with E-state index < -0.39 is 4.92 Å². The van der Waals surface area contributed by atoms with E-state index in [4.69, 9.17) is 0 Å². The third-order valence-electron chi connectivity index (χ3n) is 3.51. The van der Waals surface area contributed by atoms with Gasteiger partial charge in [-0.25, -0.2) is 0 Å². The second-order valence-electron chi connectivity index (χ2n) is 5.56. The van der Waals surface area contributed by atoms with E-state index in [0.717, 1.165) is 0 Å². The Bertz CT molecular complexity index is 726. The summed E-state index contributed by atoms with van der Waals surface area (Å²) in [6.45, 7) is 1.77. The molecule has 6 nitrogen and oxygen atoms in total. The second kappa shape index (κ2) is 8.01. The van der Waals surface area contributed by atoms with Gasteiger partial charge in [-0.15, -0.1) is 0 Å².